The number of hydrogen-bond donors (Lipinski definition) is 1. The molecule has 4 nitrogen and oxygen atoms in total. The van der Waals surface area contributed by atoms with E-state index in [0.29, 0.717) is 32.7 Å². The van der Waals surface area contributed by atoms with E-state index in [1.54, 1.807) is 36.4 Å². The molecule has 1 amide bonds. The van der Waals surface area contributed by atoms with E-state index in [2.05, 4.69) is 10.3 Å². The highest BCUT2D eigenvalue weighted by molar-refractivity contribution is 6.54. The Labute approximate surface area is 131 Å². The molecule has 0 radical (unpaired) electrons. The normalized spacial score (nSPS) is 15.0. The molecule has 0 fully saturated rings. The van der Waals surface area contributed by atoms with Crippen molar-refractivity contribution in [2.24, 2.45) is 4.99 Å². The van der Waals surface area contributed by atoms with Crippen molar-refractivity contribution in [3.05, 3.63) is 52.0 Å². The van der Waals surface area contributed by atoms with Gasteiger partial charge in [-0.2, -0.15) is 0 Å². The smallest absolute Gasteiger partial charge is 0.275 e. The second-order valence-corrected chi connectivity index (χ2v) is 5.29. The van der Waals surface area contributed by atoms with Crippen molar-refractivity contribution in [1.29, 1.82) is 0 Å². The first-order valence-electron chi connectivity index (χ1n) is 6.12. The van der Waals surface area contributed by atoms with Crippen LogP contribution in [0.4, 0.5) is 11.4 Å². The molecular formula is C15H10Cl2N2O2. The summed E-state index contributed by atoms with van der Waals surface area (Å²) in [4.78, 5) is 16.5. The SMILES string of the molecule is COc1ccc(Cl)cc1N=C1C(=O)Nc2ccc(Cl)cc21. The number of rotatable bonds is 2. The van der Waals surface area contributed by atoms with Crippen LogP contribution in [0.1, 0.15) is 5.56 Å². The first-order chi connectivity index (χ1) is 10.1. The van der Waals surface area contributed by atoms with Crippen LogP contribution in [0.5, 0.6) is 5.75 Å². The van der Waals surface area contributed by atoms with Crippen molar-refractivity contribution in [3.8, 4) is 5.75 Å². The number of halogens is 2. The Kier molecular flexibility index (Phi) is 3.57. The fraction of sp³-hybridized carbons (Fsp3) is 0.0667. The van der Waals surface area contributed by atoms with Gasteiger partial charge in [0.2, 0.25) is 0 Å². The molecule has 21 heavy (non-hydrogen) atoms. The van der Waals surface area contributed by atoms with Crippen LogP contribution in [-0.2, 0) is 4.79 Å². The van der Waals surface area contributed by atoms with Crippen molar-refractivity contribution < 1.29 is 9.53 Å². The first-order valence-corrected chi connectivity index (χ1v) is 6.87. The summed E-state index contributed by atoms with van der Waals surface area (Å²) in [7, 11) is 1.53. The molecule has 0 aliphatic carbocycles. The monoisotopic (exact) mass is 320 g/mol. The van der Waals surface area contributed by atoms with Crippen molar-refractivity contribution >= 4 is 46.2 Å². The average Bonchev–Trinajstić information content (AvgIpc) is 2.75. The standard InChI is InChI=1S/C15H10Cl2N2O2/c1-21-13-5-3-9(17)7-12(13)18-14-10-6-8(16)2-4-11(10)19-15(14)20/h2-7H,1H3,(H,18,19,20). The van der Waals surface area contributed by atoms with Crippen LogP contribution in [0, 0.1) is 0 Å². The Balaban J connectivity index is 2.15. The van der Waals surface area contributed by atoms with E-state index in [0.717, 1.165) is 0 Å². The second kappa shape index (κ2) is 5.39. The summed E-state index contributed by atoms with van der Waals surface area (Å²) >= 11 is 12.0. The molecule has 0 spiro atoms. The highest BCUT2D eigenvalue weighted by atomic mass is 35.5. The summed E-state index contributed by atoms with van der Waals surface area (Å²) < 4.78 is 5.23. The van der Waals surface area contributed by atoms with Gasteiger partial charge >= 0.3 is 0 Å². The van der Waals surface area contributed by atoms with Crippen LogP contribution in [0.3, 0.4) is 0 Å². The molecule has 1 heterocycles. The lowest BCUT2D eigenvalue weighted by molar-refractivity contribution is -0.110. The third-order valence-corrected chi connectivity index (χ3v) is 3.54. The highest BCUT2D eigenvalue weighted by Crippen LogP contribution is 2.33. The number of hydrogen-bond acceptors (Lipinski definition) is 3. The zero-order valence-corrected chi connectivity index (χ0v) is 12.5. The number of benzene rings is 2. The number of carbonyl (C=O) groups is 1. The molecule has 1 aliphatic rings. The fourth-order valence-electron chi connectivity index (χ4n) is 2.11. The Bertz CT molecular complexity index is 772. The molecule has 1 N–H and O–H groups in total. The highest BCUT2D eigenvalue weighted by Gasteiger charge is 2.26. The van der Waals surface area contributed by atoms with Crippen molar-refractivity contribution in [1.82, 2.24) is 0 Å². The molecular weight excluding hydrogens is 311 g/mol. The van der Waals surface area contributed by atoms with Gasteiger partial charge < -0.3 is 10.1 Å². The van der Waals surface area contributed by atoms with E-state index in [-0.39, 0.29) is 11.6 Å². The number of carbonyl (C=O) groups excluding carboxylic acids is 1. The van der Waals surface area contributed by atoms with Crippen LogP contribution in [0.25, 0.3) is 0 Å². The van der Waals surface area contributed by atoms with Crippen LogP contribution in [0.15, 0.2) is 41.4 Å². The Morgan fingerprint density at radius 1 is 1.10 bits per heavy atom. The summed E-state index contributed by atoms with van der Waals surface area (Å²) in [6, 6.07) is 10.2. The van der Waals surface area contributed by atoms with E-state index < -0.39 is 0 Å². The largest absolute Gasteiger partial charge is 0.494 e. The molecule has 0 unspecified atom stereocenters. The van der Waals surface area contributed by atoms with Gasteiger partial charge in [0.05, 0.1) is 12.8 Å². The molecule has 1 aliphatic heterocycles. The molecule has 6 heteroatoms. The van der Waals surface area contributed by atoms with Gasteiger partial charge in [-0.1, -0.05) is 23.2 Å². The maximum Gasteiger partial charge on any atom is 0.275 e. The molecule has 0 saturated carbocycles. The van der Waals surface area contributed by atoms with Gasteiger partial charge in [0.15, 0.2) is 0 Å². The third-order valence-electron chi connectivity index (χ3n) is 3.07. The summed E-state index contributed by atoms with van der Waals surface area (Å²) in [5, 5.41) is 3.80. The van der Waals surface area contributed by atoms with Crippen LogP contribution < -0.4 is 10.1 Å². The number of aliphatic imine (C=N–C) groups is 1. The molecule has 2 aromatic rings. The van der Waals surface area contributed by atoms with Crippen LogP contribution in [0.2, 0.25) is 10.0 Å². The lowest BCUT2D eigenvalue weighted by Gasteiger charge is -2.05. The van der Waals surface area contributed by atoms with Gasteiger partial charge in [0.1, 0.15) is 17.1 Å². The van der Waals surface area contributed by atoms with Crippen molar-refractivity contribution in [3.63, 3.8) is 0 Å². The van der Waals surface area contributed by atoms with Crippen molar-refractivity contribution in [2.45, 2.75) is 0 Å². The zero-order chi connectivity index (χ0) is 15.0. The first kappa shape index (κ1) is 13.9. The van der Waals surface area contributed by atoms with Gasteiger partial charge in [-0.05, 0) is 36.4 Å². The Morgan fingerprint density at radius 3 is 2.57 bits per heavy atom. The van der Waals surface area contributed by atoms with E-state index >= 15 is 0 Å². The summed E-state index contributed by atoms with van der Waals surface area (Å²) in [5.74, 6) is 0.254. The number of anilines is 1. The lowest BCUT2D eigenvalue weighted by Crippen LogP contribution is -2.14. The second-order valence-electron chi connectivity index (χ2n) is 4.42. The molecule has 0 saturated heterocycles. The number of amides is 1. The minimum absolute atomic E-state index is 0.283. The average molecular weight is 321 g/mol. The maximum absolute atomic E-state index is 12.1. The molecule has 0 aromatic heterocycles. The molecule has 3 rings (SSSR count). The Hall–Kier alpha value is -2.04. The quantitative estimate of drug-likeness (QED) is 0.906. The van der Waals surface area contributed by atoms with Gasteiger partial charge in [-0.25, -0.2) is 4.99 Å². The van der Waals surface area contributed by atoms with Gasteiger partial charge in [-0.15, -0.1) is 0 Å². The number of nitrogens with one attached hydrogen (secondary N) is 1. The van der Waals surface area contributed by atoms with Gasteiger partial charge in [-0.3, -0.25) is 4.79 Å². The number of ether oxygens (including phenoxy) is 1. The van der Waals surface area contributed by atoms with E-state index in [1.165, 1.54) is 7.11 Å². The summed E-state index contributed by atoms with van der Waals surface area (Å²) in [5.41, 5.74) is 2.12. The van der Waals surface area contributed by atoms with E-state index in [9.17, 15) is 4.79 Å². The lowest BCUT2D eigenvalue weighted by atomic mass is 10.1. The number of methoxy groups -OCH3 is 1. The fourth-order valence-corrected chi connectivity index (χ4v) is 2.45. The molecule has 0 bridgehead atoms. The molecule has 2 aromatic carbocycles. The zero-order valence-electron chi connectivity index (χ0n) is 11.0. The van der Waals surface area contributed by atoms with Crippen LogP contribution in [-0.4, -0.2) is 18.7 Å². The maximum atomic E-state index is 12.1. The number of fused-ring (bicyclic) bond motifs is 1. The Morgan fingerprint density at radius 2 is 1.81 bits per heavy atom. The summed E-state index contributed by atoms with van der Waals surface area (Å²) in [6.07, 6.45) is 0. The molecule has 0 atom stereocenters. The molecule has 106 valence electrons. The minimum Gasteiger partial charge on any atom is -0.494 e. The van der Waals surface area contributed by atoms with Crippen molar-refractivity contribution in [2.75, 3.05) is 12.4 Å². The minimum atomic E-state index is -0.283. The van der Waals surface area contributed by atoms with Gasteiger partial charge in [0.25, 0.3) is 5.91 Å². The number of nitrogens with zero attached hydrogens (tertiary/aromatic N) is 1. The predicted molar refractivity (Wildman–Crippen MR) is 84.3 cm³/mol. The predicted octanol–water partition coefficient (Wildman–Crippen LogP) is 4.07. The summed E-state index contributed by atoms with van der Waals surface area (Å²) in [6.45, 7) is 0. The third kappa shape index (κ3) is 2.60. The van der Waals surface area contributed by atoms with Crippen LogP contribution >= 0.6 is 23.2 Å². The topological polar surface area (TPSA) is 50.7 Å². The van der Waals surface area contributed by atoms with E-state index in [4.69, 9.17) is 27.9 Å². The van der Waals surface area contributed by atoms with E-state index in [1.807, 2.05) is 0 Å². The van der Waals surface area contributed by atoms with Gasteiger partial charge in [0, 0.05) is 15.6 Å².